The van der Waals surface area contributed by atoms with Gasteiger partial charge in [-0.15, -0.1) is 0 Å². The number of carbonyl (C=O) groups excluding carboxylic acids is 1. The summed E-state index contributed by atoms with van der Waals surface area (Å²) in [5, 5.41) is 8.33. The number of benzene rings is 1. The molecule has 0 bridgehead atoms. The zero-order valence-corrected chi connectivity index (χ0v) is 18.5. The Labute approximate surface area is 186 Å². The first kappa shape index (κ1) is 20.7. The summed E-state index contributed by atoms with van der Waals surface area (Å²) in [5.74, 6) is 3.49. The molecule has 1 amide bonds. The topological polar surface area (TPSA) is 101 Å². The van der Waals surface area contributed by atoms with E-state index in [1.54, 1.807) is 13.2 Å². The summed E-state index contributed by atoms with van der Waals surface area (Å²) >= 11 is 0. The number of hydrogen-bond donors (Lipinski definition) is 1. The predicted octanol–water partition coefficient (Wildman–Crippen LogP) is 3.44. The molecule has 0 atom stereocenters. The quantitative estimate of drug-likeness (QED) is 0.594. The molecule has 168 valence electrons. The van der Waals surface area contributed by atoms with Gasteiger partial charge in [0.2, 0.25) is 5.91 Å². The van der Waals surface area contributed by atoms with Crippen molar-refractivity contribution in [2.45, 2.75) is 57.3 Å². The van der Waals surface area contributed by atoms with Gasteiger partial charge in [-0.3, -0.25) is 9.89 Å². The van der Waals surface area contributed by atoms with Crippen molar-refractivity contribution in [3.8, 4) is 5.75 Å². The largest absolute Gasteiger partial charge is 0.497 e. The molecule has 3 aromatic rings. The van der Waals surface area contributed by atoms with Crippen molar-refractivity contribution in [1.82, 2.24) is 20.1 Å². The van der Waals surface area contributed by atoms with Crippen molar-refractivity contribution in [3.63, 3.8) is 0 Å². The molecule has 2 fully saturated rings. The van der Waals surface area contributed by atoms with E-state index in [0.717, 1.165) is 35.4 Å². The molecule has 1 aromatic carbocycles. The average Bonchev–Trinajstić information content (AvgIpc) is 3.55. The van der Waals surface area contributed by atoms with Crippen LogP contribution < -0.4 is 10.4 Å². The number of carbonyl (C=O) groups is 1. The summed E-state index contributed by atoms with van der Waals surface area (Å²) in [4.78, 5) is 31.9. The lowest BCUT2D eigenvalue weighted by atomic mass is 9.95. The van der Waals surface area contributed by atoms with Gasteiger partial charge in [0.1, 0.15) is 17.2 Å². The molecule has 8 heteroatoms. The molecule has 0 radical (unpaired) electrons. The number of aryl methyl sites for hydroxylation is 1. The van der Waals surface area contributed by atoms with Crippen LogP contribution in [0, 0.1) is 6.92 Å². The zero-order valence-electron chi connectivity index (χ0n) is 18.5. The Kier molecular flexibility index (Phi) is 5.45. The number of amides is 1. The smallest absolute Gasteiger partial charge is 0.339 e. The molecule has 1 N–H and O–H groups in total. The summed E-state index contributed by atoms with van der Waals surface area (Å²) in [6.07, 6.45) is 4.81. The second-order valence-electron chi connectivity index (χ2n) is 8.86. The van der Waals surface area contributed by atoms with Gasteiger partial charge in [0, 0.05) is 48.4 Å². The first-order valence-corrected chi connectivity index (χ1v) is 11.3. The molecule has 2 aliphatic rings. The van der Waals surface area contributed by atoms with E-state index >= 15 is 0 Å². The maximum atomic E-state index is 12.8. The molecular formula is C24H28N4O4. The van der Waals surface area contributed by atoms with E-state index < -0.39 is 0 Å². The number of ether oxygens (including phenoxy) is 1. The number of fused-ring (bicyclic) bond motifs is 1. The Morgan fingerprint density at radius 1 is 1.22 bits per heavy atom. The summed E-state index contributed by atoms with van der Waals surface area (Å²) in [5.41, 5.74) is 1.55. The van der Waals surface area contributed by atoms with Crippen molar-refractivity contribution in [2.75, 3.05) is 20.2 Å². The number of rotatable bonds is 6. The molecule has 8 nitrogen and oxygen atoms in total. The van der Waals surface area contributed by atoms with Gasteiger partial charge in [0.15, 0.2) is 5.82 Å². The third kappa shape index (κ3) is 4.01. The molecule has 2 aromatic heterocycles. The average molecular weight is 437 g/mol. The van der Waals surface area contributed by atoms with Crippen molar-refractivity contribution in [3.05, 3.63) is 51.4 Å². The van der Waals surface area contributed by atoms with Crippen LogP contribution in [0.3, 0.4) is 0 Å². The van der Waals surface area contributed by atoms with Gasteiger partial charge in [-0.2, -0.15) is 5.10 Å². The summed E-state index contributed by atoms with van der Waals surface area (Å²) in [7, 11) is 1.58. The summed E-state index contributed by atoms with van der Waals surface area (Å²) < 4.78 is 10.7. The summed E-state index contributed by atoms with van der Waals surface area (Å²) in [6.45, 7) is 3.31. The minimum Gasteiger partial charge on any atom is -0.497 e. The normalized spacial score (nSPS) is 17.1. The van der Waals surface area contributed by atoms with Crippen LogP contribution in [0.25, 0.3) is 11.0 Å². The minimum atomic E-state index is -0.383. The lowest BCUT2D eigenvalue weighted by Gasteiger charge is -2.31. The number of hydrogen-bond acceptors (Lipinski definition) is 6. The fraction of sp³-hybridized carbons (Fsp3) is 0.500. The molecule has 3 heterocycles. The molecule has 1 aliphatic carbocycles. The van der Waals surface area contributed by atoms with E-state index in [9.17, 15) is 9.59 Å². The lowest BCUT2D eigenvalue weighted by Crippen LogP contribution is -2.38. The minimum absolute atomic E-state index is 0.0771. The van der Waals surface area contributed by atoms with E-state index in [0.29, 0.717) is 54.7 Å². The molecule has 1 saturated carbocycles. The highest BCUT2D eigenvalue weighted by Gasteiger charge is 2.30. The Morgan fingerprint density at radius 2 is 2.00 bits per heavy atom. The maximum absolute atomic E-state index is 12.8. The highest BCUT2D eigenvalue weighted by molar-refractivity contribution is 5.82. The lowest BCUT2D eigenvalue weighted by molar-refractivity contribution is -0.132. The number of methoxy groups -OCH3 is 1. The molecular weight excluding hydrogens is 408 g/mol. The van der Waals surface area contributed by atoms with Crippen LogP contribution in [-0.4, -0.2) is 46.2 Å². The molecule has 0 spiro atoms. The number of piperidine rings is 1. The van der Waals surface area contributed by atoms with Crippen LogP contribution in [0.15, 0.2) is 27.4 Å². The third-order valence-electron chi connectivity index (χ3n) is 6.78. The molecule has 1 aliphatic heterocycles. The number of likely N-dealkylation sites (tertiary alicyclic amines) is 1. The van der Waals surface area contributed by atoms with Gasteiger partial charge in [0.05, 0.1) is 7.11 Å². The van der Waals surface area contributed by atoms with E-state index in [2.05, 4.69) is 15.2 Å². The first-order chi connectivity index (χ1) is 15.5. The highest BCUT2D eigenvalue weighted by Crippen LogP contribution is 2.38. The van der Waals surface area contributed by atoms with Gasteiger partial charge in [0.25, 0.3) is 0 Å². The Bertz CT molecular complexity index is 1200. The van der Waals surface area contributed by atoms with Gasteiger partial charge >= 0.3 is 5.63 Å². The van der Waals surface area contributed by atoms with Crippen molar-refractivity contribution < 1.29 is 13.9 Å². The van der Waals surface area contributed by atoms with Gasteiger partial charge in [-0.1, -0.05) is 0 Å². The zero-order chi connectivity index (χ0) is 22.2. The van der Waals surface area contributed by atoms with Gasteiger partial charge < -0.3 is 14.1 Å². The van der Waals surface area contributed by atoms with Crippen molar-refractivity contribution in [1.29, 1.82) is 0 Å². The van der Waals surface area contributed by atoms with E-state index in [1.807, 2.05) is 24.0 Å². The Morgan fingerprint density at radius 3 is 2.72 bits per heavy atom. The van der Waals surface area contributed by atoms with E-state index in [4.69, 9.17) is 9.15 Å². The van der Waals surface area contributed by atoms with Crippen molar-refractivity contribution in [2.24, 2.45) is 0 Å². The highest BCUT2D eigenvalue weighted by atomic mass is 16.5. The number of aromatic nitrogens is 3. The van der Waals surface area contributed by atoms with Crippen LogP contribution in [0.2, 0.25) is 0 Å². The predicted molar refractivity (Wildman–Crippen MR) is 119 cm³/mol. The van der Waals surface area contributed by atoms with Gasteiger partial charge in [-0.05, 0) is 56.7 Å². The second kappa shape index (κ2) is 8.41. The number of aromatic amines is 1. The van der Waals surface area contributed by atoms with Crippen molar-refractivity contribution >= 4 is 16.9 Å². The number of nitrogens with zero attached hydrogens (tertiary/aromatic N) is 3. The standard InChI is InChI=1S/C24H28N4O4/c1-14-18-6-5-17(31-2)13-20(18)32-24(30)19(14)7-8-21(29)28-11-9-16(10-12-28)23-25-22(26-27-23)15-3-4-15/h5-6,13,15-16H,3-4,7-12H2,1-2H3,(H,25,26,27). The Balaban J connectivity index is 1.20. The first-order valence-electron chi connectivity index (χ1n) is 11.3. The molecule has 5 rings (SSSR count). The SMILES string of the molecule is COc1ccc2c(C)c(CCC(=O)N3CCC(c4nc(C5CC5)n[nH]4)CC3)c(=O)oc2c1. The fourth-order valence-electron chi connectivity index (χ4n) is 4.58. The monoisotopic (exact) mass is 436 g/mol. The fourth-order valence-corrected chi connectivity index (χ4v) is 4.58. The van der Waals surface area contributed by atoms with Crippen LogP contribution >= 0.6 is 0 Å². The van der Waals surface area contributed by atoms with Crippen LogP contribution in [0.5, 0.6) is 5.75 Å². The van der Waals surface area contributed by atoms with Crippen LogP contribution in [-0.2, 0) is 11.2 Å². The Hall–Kier alpha value is -3.16. The van der Waals surface area contributed by atoms with Crippen LogP contribution in [0.4, 0.5) is 0 Å². The van der Waals surface area contributed by atoms with E-state index in [1.165, 1.54) is 12.8 Å². The molecule has 0 unspecified atom stereocenters. The van der Waals surface area contributed by atoms with Gasteiger partial charge in [-0.25, -0.2) is 9.78 Å². The third-order valence-corrected chi connectivity index (χ3v) is 6.78. The summed E-state index contributed by atoms with van der Waals surface area (Å²) in [6, 6.07) is 5.45. The number of nitrogens with one attached hydrogen (secondary N) is 1. The van der Waals surface area contributed by atoms with E-state index in [-0.39, 0.29) is 11.5 Å². The molecule has 1 saturated heterocycles. The number of H-pyrrole nitrogens is 1. The maximum Gasteiger partial charge on any atom is 0.339 e. The molecule has 32 heavy (non-hydrogen) atoms. The second-order valence-corrected chi connectivity index (χ2v) is 8.86. The van der Waals surface area contributed by atoms with Crippen LogP contribution in [0.1, 0.15) is 66.7 Å².